The van der Waals surface area contributed by atoms with Crippen LogP contribution < -0.4 is 15.4 Å². The summed E-state index contributed by atoms with van der Waals surface area (Å²) in [5.41, 5.74) is 1.48. The van der Waals surface area contributed by atoms with Crippen LogP contribution in [0.5, 0.6) is 11.5 Å². The molecule has 0 spiro atoms. The zero-order valence-corrected chi connectivity index (χ0v) is 20.1. The topological polar surface area (TPSA) is 85.9 Å². The van der Waals surface area contributed by atoms with Crippen molar-refractivity contribution in [3.8, 4) is 11.5 Å². The summed E-state index contributed by atoms with van der Waals surface area (Å²) >= 11 is 6.52. The Bertz CT molecular complexity index is 1130. The van der Waals surface area contributed by atoms with Gasteiger partial charge in [-0.1, -0.05) is 18.2 Å². The van der Waals surface area contributed by atoms with E-state index in [0.29, 0.717) is 21.2 Å². The van der Waals surface area contributed by atoms with Crippen LogP contribution in [-0.2, 0) is 9.47 Å². The van der Waals surface area contributed by atoms with E-state index in [1.807, 2.05) is 54.6 Å². The Morgan fingerprint density at radius 3 is 2.12 bits per heavy atom. The Balaban J connectivity index is 1.73. The first-order chi connectivity index (χ1) is 15.9. The summed E-state index contributed by atoms with van der Waals surface area (Å²) in [5, 5.41) is 6.75. The highest BCUT2D eigenvalue weighted by molar-refractivity contribution is 7.80. The summed E-state index contributed by atoms with van der Waals surface area (Å²) in [6.45, 7) is 5.57. The van der Waals surface area contributed by atoms with Crippen molar-refractivity contribution in [2.45, 2.75) is 20.8 Å². The van der Waals surface area contributed by atoms with Crippen molar-refractivity contribution in [2.75, 3.05) is 23.8 Å². The van der Waals surface area contributed by atoms with E-state index < -0.39 is 11.9 Å². The summed E-state index contributed by atoms with van der Waals surface area (Å²) in [7, 11) is 0. The van der Waals surface area contributed by atoms with Gasteiger partial charge in [0.2, 0.25) is 0 Å². The number of hydrogen-bond donors (Lipinski definition) is 2. The van der Waals surface area contributed by atoms with Gasteiger partial charge in [-0.25, -0.2) is 9.59 Å². The molecule has 2 aromatic carbocycles. The van der Waals surface area contributed by atoms with E-state index in [2.05, 4.69) is 10.6 Å². The molecule has 0 saturated heterocycles. The molecule has 1 aromatic heterocycles. The molecule has 33 heavy (non-hydrogen) atoms. The van der Waals surface area contributed by atoms with Gasteiger partial charge in [-0.3, -0.25) is 0 Å². The summed E-state index contributed by atoms with van der Waals surface area (Å²) in [6.07, 6.45) is 0. The van der Waals surface area contributed by atoms with Crippen LogP contribution in [0.25, 0.3) is 0 Å². The zero-order valence-electron chi connectivity index (χ0n) is 18.5. The Morgan fingerprint density at radius 2 is 1.48 bits per heavy atom. The third-order valence-corrected chi connectivity index (χ3v) is 5.80. The predicted molar refractivity (Wildman–Crippen MR) is 134 cm³/mol. The number of rotatable bonds is 8. The molecule has 3 aromatic rings. The first kappa shape index (κ1) is 24.2. The Labute approximate surface area is 201 Å². The third-order valence-electron chi connectivity index (χ3n) is 4.41. The minimum Gasteiger partial charge on any atom is -0.462 e. The van der Waals surface area contributed by atoms with Crippen LogP contribution in [0.15, 0.2) is 54.6 Å². The van der Waals surface area contributed by atoms with Gasteiger partial charge in [0.25, 0.3) is 0 Å². The van der Waals surface area contributed by atoms with Gasteiger partial charge in [0.1, 0.15) is 21.4 Å². The van der Waals surface area contributed by atoms with Gasteiger partial charge < -0.3 is 24.8 Å². The van der Waals surface area contributed by atoms with Gasteiger partial charge in [-0.05, 0) is 75.0 Å². The number of thiophene rings is 1. The van der Waals surface area contributed by atoms with E-state index in [0.717, 1.165) is 22.8 Å². The summed E-state index contributed by atoms with van der Waals surface area (Å²) in [4.78, 5) is 25.1. The lowest BCUT2D eigenvalue weighted by Gasteiger charge is -2.12. The molecule has 0 atom stereocenters. The minimum absolute atomic E-state index is 0.211. The zero-order chi connectivity index (χ0) is 23.8. The lowest BCUT2D eigenvalue weighted by atomic mass is 10.1. The molecule has 172 valence electrons. The molecular weight excluding hydrogens is 460 g/mol. The maximum absolute atomic E-state index is 12.5. The van der Waals surface area contributed by atoms with Gasteiger partial charge in [-0.2, -0.15) is 0 Å². The molecule has 0 fully saturated rings. The Hall–Kier alpha value is -3.43. The molecule has 0 unspecified atom stereocenters. The molecule has 2 N–H and O–H groups in total. The highest BCUT2D eigenvalue weighted by Crippen LogP contribution is 2.34. The smallest absolute Gasteiger partial charge is 0.348 e. The van der Waals surface area contributed by atoms with Gasteiger partial charge in [0.05, 0.1) is 18.8 Å². The van der Waals surface area contributed by atoms with E-state index in [1.165, 1.54) is 0 Å². The second kappa shape index (κ2) is 11.4. The van der Waals surface area contributed by atoms with Crippen LogP contribution in [0.4, 0.5) is 10.7 Å². The number of benzene rings is 2. The van der Waals surface area contributed by atoms with E-state index in [9.17, 15) is 9.59 Å². The average molecular weight is 485 g/mol. The van der Waals surface area contributed by atoms with Crippen molar-refractivity contribution in [1.82, 2.24) is 0 Å². The highest BCUT2D eigenvalue weighted by atomic mass is 32.1. The number of thiocarbonyl (C=S) groups is 1. The van der Waals surface area contributed by atoms with Crippen LogP contribution in [0, 0.1) is 6.92 Å². The highest BCUT2D eigenvalue weighted by Gasteiger charge is 2.26. The molecule has 0 amide bonds. The van der Waals surface area contributed by atoms with E-state index in [1.54, 1.807) is 20.8 Å². The number of para-hydroxylation sites is 1. The molecule has 0 saturated carbocycles. The molecule has 7 nitrogen and oxygen atoms in total. The van der Waals surface area contributed by atoms with Gasteiger partial charge in [0, 0.05) is 5.69 Å². The number of carbonyl (C=O) groups is 2. The van der Waals surface area contributed by atoms with Crippen LogP contribution in [0.2, 0.25) is 0 Å². The Morgan fingerprint density at radius 1 is 0.879 bits per heavy atom. The van der Waals surface area contributed by atoms with Crippen molar-refractivity contribution in [2.24, 2.45) is 0 Å². The largest absolute Gasteiger partial charge is 0.462 e. The fraction of sp³-hybridized carbons (Fsp3) is 0.208. The fourth-order valence-corrected chi connectivity index (χ4v) is 4.32. The van der Waals surface area contributed by atoms with Crippen molar-refractivity contribution in [1.29, 1.82) is 0 Å². The van der Waals surface area contributed by atoms with Crippen LogP contribution in [0.3, 0.4) is 0 Å². The monoisotopic (exact) mass is 484 g/mol. The molecule has 1 heterocycles. The van der Waals surface area contributed by atoms with E-state index >= 15 is 0 Å². The minimum atomic E-state index is -0.533. The average Bonchev–Trinajstić information content (AvgIpc) is 3.12. The molecule has 3 rings (SSSR count). The molecule has 0 radical (unpaired) electrons. The molecule has 9 heteroatoms. The standard InChI is InChI=1S/C24H24N2O5S2/c1-4-29-22(27)19-15(3)20(23(28)30-5-2)33-21(19)26-24(32)25-16-11-13-18(14-12-16)31-17-9-7-6-8-10-17/h6-14H,4-5H2,1-3H3,(H2,25,26,32). The second-order valence-corrected chi connectivity index (χ2v) is 8.15. The summed E-state index contributed by atoms with van der Waals surface area (Å²) in [6, 6.07) is 16.8. The summed E-state index contributed by atoms with van der Waals surface area (Å²) in [5.74, 6) is 0.400. The molecule has 0 aliphatic rings. The molecule has 0 aliphatic heterocycles. The number of hydrogen-bond acceptors (Lipinski definition) is 7. The summed E-state index contributed by atoms with van der Waals surface area (Å²) < 4.78 is 16.1. The molecular formula is C24H24N2O5S2. The van der Waals surface area contributed by atoms with Crippen molar-refractivity contribution < 1.29 is 23.8 Å². The van der Waals surface area contributed by atoms with Crippen molar-refractivity contribution >= 4 is 51.3 Å². The number of anilines is 2. The third kappa shape index (κ3) is 6.30. The van der Waals surface area contributed by atoms with Crippen LogP contribution in [0.1, 0.15) is 39.4 Å². The van der Waals surface area contributed by atoms with Crippen LogP contribution in [-0.4, -0.2) is 30.3 Å². The van der Waals surface area contributed by atoms with Crippen molar-refractivity contribution in [3.63, 3.8) is 0 Å². The van der Waals surface area contributed by atoms with Crippen molar-refractivity contribution in [3.05, 3.63) is 70.6 Å². The van der Waals surface area contributed by atoms with Gasteiger partial charge in [0.15, 0.2) is 5.11 Å². The maximum atomic E-state index is 12.5. The van der Waals surface area contributed by atoms with E-state index in [4.69, 9.17) is 26.4 Å². The second-order valence-electron chi connectivity index (χ2n) is 6.72. The lowest BCUT2D eigenvalue weighted by Crippen LogP contribution is -2.20. The maximum Gasteiger partial charge on any atom is 0.348 e. The number of ether oxygens (including phenoxy) is 3. The lowest BCUT2D eigenvalue weighted by molar-refractivity contribution is 0.0527. The number of carbonyl (C=O) groups excluding carboxylic acids is 2. The SMILES string of the molecule is CCOC(=O)c1sc(NC(=S)Nc2ccc(Oc3ccccc3)cc2)c(C(=O)OCC)c1C. The predicted octanol–water partition coefficient (Wildman–Crippen LogP) is 6.01. The molecule has 0 aliphatic carbocycles. The van der Waals surface area contributed by atoms with Crippen LogP contribution >= 0.6 is 23.6 Å². The number of esters is 2. The number of nitrogens with one attached hydrogen (secondary N) is 2. The normalized spacial score (nSPS) is 10.3. The Kier molecular flexibility index (Phi) is 8.39. The fourth-order valence-electron chi connectivity index (χ4n) is 2.94. The first-order valence-corrected chi connectivity index (χ1v) is 11.5. The first-order valence-electron chi connectivity index (χ1n) is 10.3. The van der Waals surface area contributed by atoms with Gasteiger partial charge in [-0.15, -0.1) is 11.3 Å². The van der Waals surface area contributed by atoms with Gasteiger partial charge >= 0.3 is 11.9 Å². The molecule has 0 bridgehead atoms. The van der Waals surface area contributed by atoms with E-state index in [-0.39, 0.29) is 23.9 Å². The quantitative estimate of drug-likeness (QED) is 0.297.